The van der Waals surface area contributed by atoms with E-state index in [-0.39, 0.29) is 24.1 Å². The first kappa shape index (κ1) is 22.5. The van der Waals surface area contributed by atoms with E-state index in [9.17, 15) is 9.59 Å². The second-order valence-corrected chi connectivity index (χ2v) is 7.71. The molecule has 164 valence electrons. The van der Waals surface area contributed by atoms with Crippen LogP contribution in [0.25, 0.3) is 5.69 Å². The third-order valence-corrected chi connectivity index (χ3v) is 5.51. The molecule has 0 fully saturated rings. The molecule has 1 aromatic carbocycles. The van der Waals surface area contributed by atoms with Crippen molar-refractivity contribution in [2.24, 2.45) is 0 Å². The molecule has 2 heterocycles. The Balaban J connectivity index is 1.61. The summed E-state index contributed by atoms with van der Waals surface area (Å²) in [6, 6.07) is 5.24. The van der Waals surface area contributed by atoms with Crippen molar-refractivity contribution in [3.05, 3.63) is 29.3 Å². The van der Waals surface area contributed by atoms with Crippen LogP contribution in [0.3, 0.4) is 0 Å². The van der Waals surface area contributed by atoms with E-state index >= 15 is 0 Å². The second-order valence-electron chi connectivity index (χ2n) is 5.91. The van der Waals surface area contributed by atoms with Gasteiger partial charge in [0.2, 0.25) is 11.1 Å². The number of esters is 1. The predicted octanol–water partition coefficient (Wildman–Crippen LogP) is 1.97. The molecule has 11 nitrogen and oxygen atoms in total. The smallest absolute Gasteiger partial charge is 0.311 e. The number of amides is 1. The Labute approximate surface area is 186 Å². The van der Waals surface area contributed by atoms with Crippen LogP contribution >= 0.6 is 23.1 Å². The van der Waals surface area contributed by atoms with Crippen LogP contribution in [-0.2, 0) is 20.7 Å². The summed E-state index contributed by atoms with van der Waals surface area (Å²) in [6.45, 7) is 2.05. The SMILES string of the molecule is CCOC(=O)Cc1csc(NC(=O)CSc2nnnn2-c2cc(OC)cc(OC)c2)n1. The van der Waals surface area contributed by atoms with Gasteiger partial charge in [0.1, 0.15) is 11.5 Å². The van der Waals surface area contributed by atoms with Crippen LogP contribution in [0.1, 0.15) is 12.6 Å². The first-order chi connectivity index (χ1) is 15.0. The van der Waals surface area contributed by atoms with E-state index in [0.717, 1.165) is 11.8 Å². The van der Waals surface area contributed by atoms with Gasteiger partial charge < -0.3 is 19.5 Å². The molecule has 0 atom stereocenters. The molecular formula is C18H20N6O5S2. The van der Waals surface area contributed by atoms with Crippen molar-refractivity contribution in [2.75, 3.05) is 31.9 Å². The summed E-state index contributed by atoms with van der Waals surface area (Å²) in [5, 5.41) is 16.9. The Hall–Kier alpha value is -3.19. The van der Waals surface area contributed by atoms with Gasteiger partial charge >= 0.3 is 5.97 Å². The fourth-order valence-corrected chi connectivity index (χ4v) is 3.85. The van der Waals surface area contributed by atoms with Crippen LogP contribution in [0, 0.1) is 0 Å². The van der Waals surface area contributed by atoms with E-state index in [1.807, 2.05) is 0 Å². The Morgan fingerprint density at radius 1 is 1.19 bits per heavy atom. The highest BCUT2D eigenvalue weighted by Crippen LogP contribution is 2.27. The van der Waals surface area contributed by atoms with Crippen molar-refractivity contribution >= 4 is 40.1 Å². The number of hydrogen-bond acceptors (Lipinski definition) is 11. The Kier molecular flexibility index (Phi) is 7.78. The van der Waals surface area contributed by atoms with E-state index in [4.69, 9.17) is 14.2 Å². The van der Waals surface area contributed by atoms with E-state index in [1.54, 1.807) is 44.7 Å². The van der Waals surface area contributed by atoms with Crippen LogP contribution in [0.2, 0.25) is 0 Å². The number of rotatable bonds is 10. The van der Waals surface area contributed by atoms with Gasteiger partial charge in [0, 0.05) is 23.6 Å². The highest BCUT2D eigenvalue weighted by molar-refractivity contribution is 7.99. The van der Waals surface area contributed by atoms with Crippen LogP contribution in [0.5, 0.6) is 11.5 Å². The largest absolute Gasteiger partial charge is 0.497 e. The molecule has 0 aliphatic rings. The molecule has 13 heteroatoms. The van der Waals surface area contributed by atoms with Gasteiger partial charge in [0.05, 0.1) is 44.4 Å². The highest BCUT2D eigenvalue weighted by Gasteiger charge is 2.15. The first-order valence-electron chi connectivity index (χ1n) is 9.06. The molecule has 1 amide bonds. The minimum absolute atomic E-state index is 0.0632. The van der Waals surface area contributed by atoms with Gasteiger partial charge in [-0.25, -0.2) is 4.98 Å². The van der Waals surface area contributed by atoms with Crippen molar-refractivity contribution in [1.82, 2.24) is 25.2 Å². The topological polar surface area (TPSA) is 130 Å². The summed E-state index contributed by atoms with van der Waals surface area (Å²) in [6.07, 6.45) is 0.0632. The lowest BCUT2D eigenvalue weighted by Crippen LogP contribution is -2.15. The zero-order valence-electron chi connectivity index (χ0n) is 17.0. The molecule has 2 aromatic heterocycles. The number of nitrogens with one attached hydrogen (secondary N) is 1. The lowest BCUT2D eigenvalue weighted by Gasteiger charge is -2.09. The van der Waals surface area contributed by atoms with Crippen molar-refractivity contribution < 1.29 is 23.8 Å². The van der Waals surface area contributed by atoms with Gasteiger partial charge in [-0.05, 0) is 17.4 Å². The Bertz CT molecular complexity index is 1030. The first-order valence-corrected chi connectivity index (χ1v) is 10.9. The molecule has 0 saturated heterocycles. The van der Waals surface area contributed by atoms with Crippen LogP contribution < -0.4 is 14.8 Å². The number of tetrazole rings is 1. The molecule has 0 spiro atoms. The number of carbonyl (C=O) groups excluding carboxylic acids is 2. The fraction of sp³-hybridized carbons (Fsp3) is 0.333. The zero-order chi connectivity index (χ0) is 22.2. The van der Waals surface area contributed by atoms with Crippen LogP contribution in [-0.4, -0.2) is 63.6 Å². The van der Waals surface area contributed by atoms with Crippen LogP contribution in [0.15, 0.2) is 28.7 Å². The van der Waals surface area contributed by atoms with E-state index in [2.05, 4.69) is 25.8 Å². The van der Waals surface area contributed by atoms with Gasteiger partial charge in [0.25, 0.3) is 0 Å². The summed E-state index contributed by atoms with van der Waals surface area (Å²) in [5.74, 6) is 0.595. The lowest BCUT2D eigenvalue weighted by molar-refractivity contribution is -0.142. The molecule has 3 rings (SSSR count). The van der Waals surface area contributed by atoms with Gasteiger partial charge in [-0.15, -0.1) is 16.4 Å². The molecule has 0 aliphatic carbocycles. The minimum atomic E-state index is -0.359. The summed E-state index contributed by atoms with van der Waals surface area (Å²) in [5.41, 5.74) is 1.18. The number of nitrogens with zero attached hydrogens (tertiary/aromatic N) is 5. The van der Waals surface area contributed by atoms with E-state index < -0.39 is 0 Å². The van der Waals surface area contributed by atoms with Crippen LogP contribution in [0.4, 0.5) is 5.13 Å². The van der Waals surface area contributed by atoms with Crippen molar-refractivity contribution in [2.45, 2.75) is 18.5 Å². The number of methoxy groups -OCH3 is 2. The van der Waals surface area contributed by atoms with E-state index in [0.29, 0.717) is 39.8 Å². The number of benzene rings is 1. The molecule has 0 unspecified atom stereocenters. The number of ether oxygens (including phenoxy) is 3. The molecule has 0 radical (unpaired) electrons. The van der Waals surface area contributed by atoms with Crippen molar-refractivity contribution in [1.29, 1.82) is 0 Å². The molecule has 3 aromatic rings. The third-order valence-electron chi connectivity index (χ3n) is 3.78. The van der Waals surface area contributed by atoms with Gasteiger partial charge in [-0.3, -0.25) is 9.59 Å². The van der Waals surface area contributed by atoms with Gasteiger partial charge in [0.15, 0.2) is 5.13 Å². The standard InChI is InChI=1S/C18H20N6O5S2/c1-4-29-16(26)5-11-9-30-17(19-11)20-15(25)10-31-18-21-22-23-24(18)12-6-13(27-2)8-14(7-12)28-3/h6-9H,4-5,10H2,1-3H3,(H,19,20,25). The Morgan fingerprint density at radius 2 is 1.94 bits per heavy atom. The molecule has 31 heavy (non-hydrogen) atoms. The van der Waals surface area contributed by atoms with Gasteiger partial charge in [-0.1, -0.05) is 11.8 Å². The molecule has 0 saturated carbocycles. The van der Waals surface area contributed by atoms with Crippen molar-refractivity contribution in [3.8, 4) is 17.2 Å². The third kappa shape index (κ3) is 6.15. The fourth-order valence-electron chi connectivity index (χ4n) is 2.44. The quantitative estimate of drug-likeness (QED) is 0.351. The summed E-state index contributed by atoms with van der Waals surface area (Å²) in [4.78, 5) is 28.1. The monoisotopic (exact) mass is 464 g/mol. The van der Waals surface area contributed by atoms with Crippen molar-refractivity contribution in [3.63, 3.8) is 0 Å². The normalized spacial score (nSPS) is 10.5. The minimum Gasteiger partial charge on any atom is -0.497 e. The second kappa shape index (κ2) is 10.7. The summed E-state index contributed by atoms with van der Waals surface area (Å²) in [7, 11) is 3.10. The maximum atomic E-state index is 12.3. The number of hydrogen-bond donors (Lipinski definition) is 1. The average Bonchev–Trinajstić information content (AvgIpc) is 3.41. The number of thioether (sulfide) groups is 1. The number of aromatic nitrogens is 5. The number of thiazole rings is 1. The molecular weight excluding hydrogens is 444 g/mol. The predicted molar refractivity (Wildman–Crippen MR) is 114 cm³/mol. The van der Waals surface area contributed by atoms with E-state index in [1.165, 1.54) is 16.0 Å². The Morgan fingerprint density at radius 3 is 2.61 bits per heavy atom. The average molecular weight is 465 g/mol. The summed E-state index contributed by atoms with van der Waals surface area (Å²) < 4.78 is 16.9. The van der Waals surface area contributed by atoms with Gasteiger partial charge in [-0.2, -0.15) is 4.68 Å². The number of anilines is 1. The maximum absolute atomic E-state index is 12.3. The lowest BCUT2D eigenvalue weighted by atomic mass is 10.3. The number of carbonyl (C=O) groups is 2. The molecule has 0 aliphatic heterocycles. The summed E-state index contributed by atoms with van der Waals surface area (Å²) >= 11 is 2.40. The molecule has 1 N–H and O–H groups in total. The molecule has 0 bridgehead atoms. The zero-order valence-corrected chi connectivity index (χ0v) is 18.7. The maximum Gasteiger partial charge on any atom is 0.311 e. The highest BCUT2D eigenvalue weighted by atomic mass is 32.2.